The van der Waals surface area contributed by atoms with E-state index in [4.69, 9.17) is 17.9 Å². The Morgan fingerprint density at radius 2 is 1.85 bits per heavy atom. The third-order valence-corrected chi connectivity index (χ3v) is 5.76. The van der Waals surface area contributed by atoms with E-state index in [0.29, 0.717) is 5.92 Å². The quantitative estimate of drug-likeness (QED) is 0.372. The van der Waals surface area contributed by atoms with Gasteiger partial charge in [-0.25, -0.2) is 0 Å². The van der Waals surface area contributed by atoms with E-state index in [1.807, 2.05) is 24.3 Å². The van der Waals surface area contributed by atoms with Crippen LogP contribution in [0.2, 0.25) is 0 Å². The molecule has 0 aliphatic heterocycles. The molecule has 2 rings (SSSR count). The predicted molar refractivity (Wildman–Crippen MR) is 118 cm³/mol. The lowest BCUT2D eigenvalue weighted by atomic mass is 9.76. The van der Waals surface area contributed by atoms with Crippen molar-refractivity contribution in [2.24, 2.45) is 5.92 Å². The normalized spacial score (nSPS) is 20.6. The lowest BCUT2D eigenvalue weighted by Crippen LogP contribution is -2.26. The van der Waals surface area contributed by atoms with Crippen LogP contribution in [0.1, 0.15) is 63.9 Å². The predicted octanol–water partition coefficient (Wildman–Crippen LogP) is 5.32. The number of nitrogens with zero attached hydrogens (tertiary/aromatic N) is 1. The summed E-state index contributed by atoms with van der Waals surface area (Å²) in [5, 5.41) is 0. The Hall–Kier alpha value is -2.34. The number of terminal acetylenes is 1. The molecule has 0 saturated heterocycles. The fourth-order valence-electron chi connectivity index (χ4n) is 4.23. The first-order valence-corrected chi connectivity index (χ1v) is 10.2. The van der Waals surface area contributed by atoms with Gasteiger partial charge < -0.3 is 16.4 Å². The molecule has 3 heteroatoms. The van der Waals surface area contributed by atoms with E-state index in [1.54, 1.807) is 6.08 Å². The van der Waals surface area contributed by atoms with Gasteiger partial charge in [0.25, 0.3) is 0 Å². The van der Waals surface area contributed by atoms with Gasteiger partial charge in [-0.1, -0.05) is 25.0 Å². The summed E-state index contributed by atoms with van der Waals surface area (Å²) in [7, 11) is 0. The highest BCUT2D eigenvalue weighted by atomic mass is 15.1. The molecule has 3 nitrogen and oxygen atoms in total. The van der Waals surface area contributed by atoms with Gasteiger partial charge in [0.15, 0.2) is 0 Å². The molecule has 1 aromatic rings. The van der Waals surface area contributed by atoms with Crippen molar-refractivity contribution in [1.29, 1.82) is 0 Å². The number of hydrogen-bond acceptors (Lipinski definition) is 3. The van der Waals surface area contributed by atoms with Gasteiger partial charge in [0.05, 0.1) is 0 Å². The molecule has 1 aliphatic rings. The van der Waals surface area contributed by atoms with Crippen LogP contribution in [0.5, 0.6) is 0 Å². The smallest absolute Gasteiger partial charge is 0.0370 e. The maximum Gasteiger partial charge on any atom is 0.0370 e. The first kappa shape index (κ1) is 21.0. The molecule has 146 valence electrons. The van der Waals surface area contributed by atoms with Crippen molar-refractivity contribution < 1.29 is 0 Å². The second kappa shape index (κ2) is 10.7. The second-order valence-corrected chi connectivity index (χ2v) is 7.68. The zero-order valence-corrected chi connectivity index (χ0v) is 17.0. The zero-order valence-electron chi connectivity index (χ0n) is 17.0. The lowest BCUT2D eigenvalue weighted by molar-refractivity contribution is 0.259. The standard InChI is InChI=1S/C24H35N3/c1-4-6-7-9-19(3)27(17-5-2)18-16-20-12-14-21(15-13-20)24-22(25)10-8-11-23(24)26/h1,6-11,20-21H,5,12-18,25-26H2,2-3H3/b7-6-,19-9+. The Balaban J connectivity index is 1.88. The van der Waals surface area contributed by atoms with Crippen LogP contribution >= 0.6 is 0 Å². The molecule has 27 heavy (non-hydrogen) atoms. The Labute approximate surface area is 165 Å². The summed E-state index contributed by atoms with van der Waals surface area (Å²) in [5.41, 5.74) is 16.6. The fourth-order valence-corrected chi connectivity index (χ4v) is 4.23. The minimum Gasteiger partial charge on any atom is -0.398 e. The van der Waals surface area contributed by atoms with Gasteiger partial charge >= 0.3 is 0 Å². The summed E-state index contributed by atoms with van der Waals surface area (Å²) in [6.45, 7) is 6.62. The summed E-state index contributed by atoms with van der Waals surface area (Å²) in [6.07, 6.45) is 18.4. The number of hydrogen-bond donors (Lipinski definition) is 2. The van der Waals surface area contributed by atoms with E-state index in [-0.39, 0.29) is 0 Å². The number of anilines is 2. The van der Waals surface area contributed by atoms with Crippen LogP contribution in [0.25, 0.3) is 0 Å². The summed E-state index contributed by atoms with van der Waals surface area (Å²) in [5.74, 6) is 3.85. The number of nitrogen functional groups attached to an aromatic ring is 2. The SMILES string of the molecule is C#C/C=C\C=C(/C)N(CCC)CCC1CCC(c2c(N)cccc2N)CC1. The maximum atomic E-state index is 6.19. The van der Waals surface area contributed by atoms with Crippen molar-refractivity contribution >= 4 is 11.4 Å². The van der Waals surface area contributed by atoms with Gasteiger partial charge in [-0.3, -0.25) is 0 Å². The van der Waals surface area contributed by atoms with Crippen LogP contribution in [-0.2, 0) is 0 Å². The fraction of sp³-hybridized carbons (Fsp3) is 0.500. The van der Waals surface area contributed by atoms with Crippen molar-refractivity contribution in [1.82, 2.24) is 4.90 Å². The molecule has 1 saturated carbocycles. The topological polar surface area (TPSA) is 55.3 Å². The molecule has 0 amide bonds. The van der Waals surface area contributed by atoms with E-state index >= 15 is 0 Å². The Kier molecular flexibility index (Phi) is 8.33. The number of rotatable bonds is 8. The number of nitrogens with two attached hydrogens (primary N) is 2. The minimum absolute atomic E-state index is 0.518. The highest BCUT2D eigenvalue weighted by molar-refractivity contribution is 5.62. The van der Waals surface area contributed by atoms with E-state index in [9.17, 15) is 0 Å². The van der Waals surface area contributed by atoms with E-state index in [1.165, 1.54) is 43.4 Å². The molecule has 1 fully saturated rings. The molecule has 0 spiro atoms. The summed E-state index contributed by atoms with van der Waals surface area (Å²) in [6, 6.07) is 5.89. The maximum absolute atomic E-state index is 6.19. The Morgan fingerprint density at radius 1 is 1.19 bits per heavy atom. The lowest BCUT2D eigenvalue weighted by Gasteiger charge is -2.32. The second-order valence-electron chi connectivity index (χ2n) is 7.68. The third-order valence-electron chi connectivity index (χ3n) is 5.76. The van der Waals surface area contributed by atoms with Crippen LogP contribution in [0.3, 0.4) is 0 Å². The average molecular weight is 366 g/mol. The molecule has 0 heterocycles. The first-order valence-electron chi connectivity index (χ1n) is 10.2. The summed E-state index contributed by atoms with van der Waals surface area (Å²) >= 11 is 0. The largest absolute Gasteiger partial charge is 0.398 e. The van der Waals surface area contributed by atoms with Gasteiger partial charge in [-0.15, -0.1) is 6.42 Å². The molecular weight excluding hydrogens is 330 g/mol. The minimum atomic E-state index is 0.518. The van der Waals surface area contributed by atoms with E-state index in [2.05, 4.69) is 30.7 Å². The van der Waals surface area contributed by atoms with Crippen molar-refractivity contribution in [2.75, 3.05) is 24.6 Å². The van der Waals surface area contributed by atoms with Gasteiger partial charge in [-0.05, 0) is 81.6 Å². The summed E-state index contributed by atoms with van der Waals surface area (Å²) in [4.78, 5) is 2.49. The highest BCUT2D eigenvalue weighted by Crippen LogP contribution is 2.41. The highest BCUT2D eigenvalue weighted by Gasteiger charge is 2.25. The molecule has 1 aliphatic carbocycles. The molecule has 0 bridgehead atoms. The zero-order chi connectivity index (χ0) is 19.6. The van der Waals surface area contributed by atoms with E-state index in [0.717, 1.165) is 36.8 Å². The molecule has 0 unspecified atom stereocenters. The van der Waals surface area contributed by atoms with Gasteiger partial charge in [-0.2, -0.15) is 0 Å². The molecule has 4 N–H and O–H groups in total. The van der Waals surface area contributed by atoms with Crippen LogP contribution in [0.4, 0.5) is 11.4 Å². The third kappa shape index (κ3) is 6.10. The first-order chi connectivity index (χ1) is 13.1. The molecule has 0 radical (unpaired) electrons. The number of benzene rings is 1. The van der Waals surface area contributed by atoms with Gasteiger partial charge in [0.1, 0.15) is 0 Å². The van der Waals surface area contributed by atoms with Crippen molar-refractivity contribution in [2.45, 2.75) is 58.3 Å². The van der Waals surface area contributed by atoms with Crippen LogP contribution in [0, 0.1) is 18.3 Å². The van der Waals surface area contributed by atoms with Crippen LogP contribution in [-0.4, -0.2) is 18.0 Å². The Morgan fingerprint density at radius 3 is 2.44 bits per heavy atom. The molecule has 0 atom stereocenters. The molecule has 0 aromatic heterocycles. The van der Waals surface area contributed by atoms with Crippen molar-refractivity contribution in [3.05, 3.63) is 47.7 Å². The van der Waals surface area contributed by atoms with Gasteiger partial charge in [0.2, 0.25) is 0 Å². The molecule has 1 aromatic carbocycles. The summed E-state index contributed by atoms with van der Waals surface area (Å²) < 4.78 is 0. The Bertz CT molecular complexity index is 668. The van der Waals surface area contributed by atoms with Gasteiger partial charge in [0, 0.05) is 35.7 Å². The van der Waals surface area contributed by atoms with Crippen LogP contribution in [0.15, 0.2) is 42.1 Å². The van der Waals surface area contributed by atoms with Crippen molar-refractivity contribution in [3.63, 3.8) is 0 Å². The van der Waals surface area contributed by atoms with Crippen molar-refractivity contribution in [3.8, 4) is 12.3 Å². The monoisotopic (exact) mass is 365 g/mol. The van der Waals surface area contributed by atoms with Crippen LogP contribution < -0.4 is 11.5 Å². The molecular formula is C24H35N3. The average Bonchev–Trinajstić information content (AvgIpc) is 2.66. The van der Waals surface area contributed by atoms with E-state index < -0.39 is 0 Å². The number of allylic oxidation sites excluding steroid dienone is 4.